The van der Waals surface area contributed by atoms with E-state index in [0.29, 0.717) is 52.9 Å². The number of hydrogen-bond acceptors (Lipinski definition) is 8. The van der Waals surface area contributed by atoms with Crippen LogP contribution in [0, 0.1) is 0 Å². The Bertz CT molecular complexity index is 1060. The van der Waals surface area contributed by atoms with Gasteiger partial charge < -0.3 is 29.6 Å². The van der Waals surface area contributed by atoms with Crippen LogP contribution in [-0.4, -0.2) is 30.0 Å². The molecule has 5 rings (SSSR count). The van der Waals surface area contributed by atoms with Gasteiger partial charge in [0.15, 0.2) is 23.0 Å². The Morgan fingerprint density at radius 2 is 1.72 bits per heavy atom. The molecule has 9 heteroatoms. The maximum Gasteiger partial charge on any atom is 0.231 e. The highest BCUT2D eigenvalue weighted by atomic mass is 35.5. The predicted octanol–water partition coefficient (Wildman–Crippen LogP) is 4.51. The Morgan fingerprint density at radius 1 is 0.862 bits per heavy atom. The van der Waals surface area contributed by atoms with Crippen LogP contribution in [0.5, 0.6) is 23.0 Å². The first-order valence-corrected chi connectivity index (χ1v) is 9.49. The first-order chi connectivity index (χ1) is 14.3. The molecule has 0 saturated heterocycles. The molecule has 0 unspecified atom stereocenters. The molecule has 0 aliphatic carbocycles. The number of anilines is 4. The number of benzene rings is 2. The van der Waals surface area contributed by atoms with Crippen LogP contribution in [0.1, 0.15) is 6.42 Å². The largest absolute Gasteiger partial charge is 0.490 e. The minimum absolute atomic E-state index is 0.158. The molecule has 2 aromatic carbocycles. The van der Waals surface area contributed by atoms with Crippen LogP contribution >= 0.6 is 11.6 Å². The summed E-state index contributed by atoms with van der Waals surface area (Å²) in [6.07, 6.45) is 2.50. The predicted molar refractivity (Wildman–Crippen MR) is 108 cm³/mol. The van der Waals surface area contributed by atoms with Crippen molar-refractivity contribution in [3.63, 3.8) is 0 Å². The van der Waals surface area contributed by atoms with Crippen LogP contribution in [0.4, 0.5) is 23.1 Å². The fourth-order valence-corrected chi connectivity index (χ4v) is 3.25. The van der Waals surface area contributed by atoms with Crippen molar-refractivity contribution in [2.24, 2.45) is 0 Å². The van der Waals surface area contributed by atoms with Crippen molar-refractivity contribution in [3.8, 4) is 23.0 Å². The molecule has 0 amide bonds. The minimum atomic E-state index is 0.158. The Hall–Kier alpha value is -3.39. The molecule has 2 N–H and O–H groups in total. The molecule has 0 fully saturated rings. The van der Waals surface area contributed by atoms with E-state index in [1.165, 1.54) is 0 Å². The van der Waals surface area contributed by atoms with Gasteiger partial charge >= 0.3 is 0 Å². The van der Waals surface area contributed by atoms with Gasteiger partial charge in [-0.25, -0.2) is 4.98 Å². The Balaban J connectivity index is 1.37. The average Bonchev–Trinajstić information content (AvgIpc) is 3.08. The number of rotatable bonds is 4. The third-order valence-corrected chi connectivity index (χ3v) is 4.72. The van der Waals surface area contributed by atoms with Gasteiger partial charge in [-0.2, -0.15) is 4.98 Å². The van der Waals surface area contributed by atoms with E-state index in [1.807, 2.05) is 18.2 Å². The summed E-state index contributed by atoms with van der Waals surface area (Å²) >= 11 is 6.33. The summed E-state index contributed by atoms with van der Waals surface area (Å²) in [5.41, 5.74) is 1.39. The normalized spacial score (nSPS) is 14.2. The lowest BCUT2D eigenvalue weighted by molar-refractivity contribution is 0.174. The van der Waals surface area contributed by atoms with E-state index in [9.17, 15) is 0 Å². The van der Waals surface area contributed by atoms with E-state index in [-0.39, 0.29) is 6.79 Å². The van der Waals surface area contributed by atoms with E-state index in [0.717, 1.165) is 17.9 Å². The van der Waals surface area contributed by atoms with Crippen LogP contribution in [0.2, 0.25) is 5.02 Å². The Labute approximate surface area is 171 Å². The second-order valence-electron chi connectivity index (χ2n) is 6.38. The van der Waals surface area contributed by atoms with Gasteiger partial charge in [0.2, 0.25) is 12.7 Å². The summed E-state index contributed by atoms with van der Waals surface area (Å²) in [7, 11) is 0. The van der Waals surface area contributed by atoms with Crippen molar-refractivity contribution in [1.82, 2.24) is 9.97 Å². The molecule has 2 aliphatic rings. The van der Waals surface area contributed by atoms with Gasteiger partial charge in [0, 0.05) is 24.4 Å². The third kappa shape index (κ3) is 3.66. The Morgan fingerprint density at radius 3 is 2.66 bits per heavy atom. The van der Waals surface area contributed by atoms with E-state index >= 15 is 0 Å². The van der Waals surface area contributed by atoms with Crippen LogP contribution in [0.25, 0.3) is 0 Å². The van der Waals surface area contributed by atoms with Crippen LogP contribution in [0.3, 0.4) is 0 Å². The highest BCUT2D eigenvalue weighted by Gasteiger charge is 2.21. The molecule has 148 valence electrons. The standard InChI is InChI=1S/C20H17ClN4O4/c21-13-3-5-15-19(29-11-28-15)18(13)24-17-6-7-22-20(25-17)23-12-2-4-14-16(10-12)27-9-1-8-26-14/h2-7,10H,1,8-9,11H2,(H2,22,23,24,25). The molecule has 0 saturated carbocycles. The molecule has 3 heterocycles. The molecular formula is C20H17ClN4O4. The third-order valence-electron chi connectivity index (χ3n) is 4.40. The molecule has 0 spiro atoms. The van der Waals surface area contributed by atoms with Gasteiger partial charge in [0.1, 0.15) is 11.5 Å². The van der Waals surface area contributed by atoms with Crippen LogP contribution in [-0.2, 0) is 0 Å². The number of fused-ring (bicyclic) bond motifs is 2. The Kier molecular flexibility index (Phi) is 4.61. The second-order valence-corrected chi connectivity index (χ2v) is 6.79. The van der Waals surface area contributed by atoms with Crippen molar-refractivity contribution >= 4 is 34.7 Å². The summed E-state index contributed by atoms with van der Waals surface area (Å²) in [6.45, 7) is 1.43. The number of hydrogen-bond donors (Lipinski definition) is 2. The van der Waals surface area contributed by atoms with Crippen LogP contribution in [0.15, 0.2) is 42.6 Å². The highest BCUT2D eigenvalue weighted by Crippen LogP contribution is 2.44. The molecule has 1 aromatic heterocycles. The van der Waals surface area contributed by atoms with Crippen molar-refractivity contribution in [2.75, 3.05) is 30.6 Å². The van der Waals surface area contributed by atoms with Crippen molar-refractivity contribution in [2.45, 2.75) is 6.42 Å². The average molecular weight is 413 g/mol. The molecule has 29 heavy (non-hydrogen) atoms. The lowest BCUT2D eigenvalue weighted by Gasteiger charge is -2.12. The molecule has 3 aromatic rings. The summed E-state index contributed by atoms with van der Waals surface area (Å²) in [6, 6.07) is 10.9. The zero-order valence-electron chi connectivity index (χ0n) is 15.3. The fraction of sp³-hybridized carbons (Fsp3) is 0.200. The van der Waals surface area contributed by atoms with Crippen molar-refractivity contribution < 1.29 is 18.9 Å². The van der Waals surface area contributed by atoms with E-state index < -0.39 is 0 Å². The summed E-state index contributed by atoms with van der Waals surface area (Å²) in [5, 5.41) is 6.87. The fourth-order valence-electron chi connectivity index (χ4n) is 3.05. The van der Waals surface area contributed by atoms with Gasteiger partial charge in [-0.15, -0.1) is 0 Å². The number of halogens is 1. The SMILES string of the molecule is Clc1ccc2c(c1Nc1ccnc(Nc3ccc4c(c3)OCCCO4)n1)OCO2. The zero-order valence-corrected chi connectivity index (χ0v) is 16.0. The molecule has 2 aliphatic heterocycles. The van der Waals surface area contributed by atoms with Crippen molar-refractivity contribution in [3.05, 3.63) is 47.6 Å². The number of aromatic nitrogens is 2. The van der Waals surface area contributed by atoms with Gasteiger partial charge in [-0.05, 0) is 30.3 Å². The van der Waals surface area contributed by atoms with Gasteiger partial charge in [0.25, 0.3) is 0 Å². The topological polar surface area (TPSA) is 86.8 Å². The summed E-state index contributed by atoms with van der Waals surface area (Å²) < 4.78 is 22.3. The maximum atomic E-state index is 6.33. The molecule has 0 radical (unpaired) electrons. The van der Waals surface area contributed by atoms with E-state index in [4.69, 9.17) is 30.5 Å². The molecular weight excluding hydrogens is 396 g/mol. The highest BCUT2D eigenvalue weighted by molar-refractivity contribution is 6.33. The number of nitrogens with one attached hydrogen (secondary N) is 2. The molecule has 0 atom stereocenters. The van der Waals surface area contributed by atoms with E-state index in [1.54, 1.807) is 24.4 Å². The van der Waals surface area contributed by atoms with Crippen LogP contribution < -0.4 is 29.6 Å². The zero-order chi connectivity index (χ0) is 19.6. The number of ether oxygens (including phenoxy) is 4. The summed E-state index contributed by atoms with van der Waals surface area (Å²) in [5.74, 6) is 3.61. The lowest BCUT2D eigenvalue weighted by Crippen LogP contribution is -2.02. The number of nitrogens with zero attached hydrogens (tertiary/aromatic N) is 2. The van der Waals surface area contributed by atoms with Crippen molar-refractivity contribution in [1.29, 1.82) is 0 Å². The first kappa shape index (κ1) is 17.7. The summed E-state index contributed by atoms with van der Waals surface area (Å²) in [4.78, 5) is 8.78. The minimum Gasteiger partial charge on any atom is -0.490 e. The van der Waals surface area contributed by atoms with Gasteiger partial charge in [-0.1, -0.05) is 11.6 Å². The molecule has 0 bridgehead atoms. The lowest BCUT2D eigenvalue weighted by atomic mass is 10.2. The van der Waals surface area contributed by atoms with E-state index in [2.05, 4.69) is 20.6 Å². The van der Waals surface area contributed by atoms with Gasteiger partial charge in [0.05, 0.1) is 18.2 Å². The monoisotopic (exact) mass is 412 g/mol. The van der Waals surface area contributed by atoms with Gasteiger partial charge in [-0.3, -0.25) is 0 Å². The smallest absolute Gasteiger partial charge is 0.231 e. The quantitative estimate of drug-likeness (QED) is 0.647. The maximum absolute atomic E-state index is 6.33. The first-order valence-electron chi connectivity index (χ1n) is 9.11. The molecule has 8 nitrogen and oxygen atoms in total. The second kappa shape index (κ2) is 7.56.